The molecule has 2 aromatic rings. The average Bonchev–Trinajstić information content (AvgIpc) is 2.19. The van der Waals surface area contributed by atoms with Gasteiger partial charge in [0.15, 0.2) is 0 Å². The molecule has 0 saturated carbocycles. The lowest BCUT2D eigenvalue weighted by atomic mass is 10.1. The van der Waals surface area contributed by atoms with E-state index in [1.54, 1.807) is 0 Å². The number of hydrogen-bond donors (Lipinski definition) is 0. The first-order valence-electron chi connectivity index (χ1n) is 3.85. The molecule has 5 heteroatoms. The Morgan fingerprint density at radius 1 is 1.07 bits per heavy atom. The minimum Gasteiger partial charge on any atom is -0.233 e. The number of hydrogen-bond acceptors (Lipinski definition) is 3. The fraction of sp³-hybridized carbons (Fsp3) is 0. The van der Waals surface area contributed by atoms with Gasteiger partial charge in [0.2, 0.25) is 0 Å². The highest BCUT2D eigenvalue weighted by Gasteiger charge is 2.06. The highest BCUT2D eigenvalue weighted by Crippen LogP contribution is 2.19. The lowest BCUT2D eigenvalue weighted by Gasteiger charge is -2.00. The number of aromatic nitrogens is 3. The largest absolute Gasteiger partial charge is 0.233 e. The van der Waals surface area contributed by atoms with Crippen molar-refractivity contribution in [2.45, 2.75) is 0 Å². The van der Waals surface area contributed by atoms with Gasteiger partial charge in [-0.25, -0.2) is 13.8 Å². The van der Waals surface area contributed by atoms with Crippen LogP contribution in [0.2, 0.25) is 0 Å². The van der Waals surface area contributed by atoms with Crippen molar-refractivity contribution < 1.29 is 8.78 Å². The van der Waals surface area contributed by atoms with Gasteiger partial charge < -0.3 is 0 Å². The molecule has 0 radical (unpaired) electrons. The summed E-state index contributed by atoms with van der Waals surface area (Å²) in [7, 11) is 0. The molecule has 1 aromatic heterocycles. The summed E-state index contributed by atoms with van der Waals surface area (Å²) in [6.45, 7) is 0. The molecular weight excluding hydrogens is 188 g/mol. The van der Waals surface area contributed by atoms with E-state index in [-0.39, 0.29) is 5.56 Å². The molecule has 0 N–H and O–H groups in total. The van der Waals surface area contributed by atoms with Crippen LogP contribution in [0.1, 0.15) is 0 Å². The molecule has 2 rings (SSSR count). The van der Waals surface area contributed by atoms with Crippen LogP contribution in [-0.4, -0.2) is 15.2 Å². The highest BCUT2D eigenvalue weighted by molar-refractivity contribution is 5.58. The van der Waals surface area contributed by atoms with Gasteiger partial charge in [-0.3, -0.25) is 0 Å². The highest BCUT2D eigenvalue weighted by atomic mass is 19.1. The molecule has 0 aliphatic heterocycles. The maximum Gasteiger partial charge on any atom is 0.138 e. The van der Waals surface area contributed by atoms with Crippen LogP contribution < -0.4 is 0 Å². The average molecular weight is 193 g/mol. The van der Waals surface area contributed by atoms with Crippen molar-refractivity contribution in [3.05, 3.63) is 42.4 Å². The Kier molecular flexibility index (Phi) is 2.14. The molecule has 0 bridgehead atoms. The van der Waals surface area contributed by atoms with Gasteiger partial charge in [-0.2, -0.15) is 5.10 Å². The Hall–Kier alpha value is -1.91. The van der Waals surface area contributed by atoms with Gasteiger partial charge in [0.05, 0.1) is 11.9 Å². The summed E-state index contributed by atoms with van der Waals surface area (Å²) in [6, 6.07) is 3.28. The molecule has 0 amide bonds. The van der Waals surface area contributed by atoms with E-state index in [9.17, 15) is 8.78 Å². The van der Waals surface area contributed by atoms with Crippen molar-refractivity contribution in [3.8, 4) is 11.3 Å². The Labute approximate surface area is 78.4 Å². The summed E-state index contributed by atoms with van der Waals surface area (Å²) in [5.41, 5.74) is 0.541. The lowest BCUT2D eigenvalue weighted by Crippen LogP contribution is -1.91. The molecule has 1 heterocycles. The van der Waals surface area contributed by atoms with Crippen LogP contribution in [0, 0.1) is 11.6 Å². The normalized spacial score (nSPS) is 10.1. The summed E-state index contributed by atoms with van der Waals surface area (Å²) in [5.74, 6) is -1.28. The first-order chi connectivity index (χ1) is 6.77. The van der Waals surface area contributed by atoms with E-state index >= 15 is 0 Å². The van der Waals surface area contributed by atoms with E-state index in [1.807, 2.05) is 0 Å². The third kappa shape index (κ3) is 1.56. The molecule has 0 aliphatic carbocycles. The zero-order valence-electron chi connectivity index (χ0n) is 6.98. The van der Waals surface area contributed by atoms with E-state index in [0.29, 0.717) is 5.69 Å². The quantitative estimate of drug-likeness (QED) is 0.693. The fourth-order valence-electron chi connectivity index (χ4n) is 1.08. The summed E-state index contributed by atoms with van der Waals surface area (Å²) >= 11 is 0. The van der Waals surface area contributed by atoms with E-state index in [0.717, 1.165) is 6.07 Å². The van der Waals surface area contributed by atoms with Crippen LogP contribution in [0.5, 0.6) is 0 Å². The van der Waals surface area contributed by atoms with Gasteiger partial charge in [-0.15, -0.1) is 5.10 Å². The summed E-state index contributed by atoms with van der Waals surface area (Å²) in [4.78, 5) is 3.80. The predicted octanol–water partition coefficient (Wildman–Crippen LogP) is 1.82. The molecule has 0 fully saturated rings. The van der Waals surface area contributed by atoms with Crippen molar-refractivity contribution in [1.29, 1.82) is 0 Å². The van der Waals surface area contributed by atoms with Crippen molar-refractivity contribution in [1.82, 2.24) is 15.2 Å². The smallest absolute Gasteiger partial charge is 0.138 e. The van der Waals surface area contributed by atoms with Crippen LogP contribution in [0.4, 0.5) is 8.78 Å². The van der Waals surface area contributed by atoms with Crippen LogP contribution in [-0.2, 0) is 0 Å². The molecule has 0 atom stereocenters. The third-order valence-corrected chi connectivity index (χ3v) is 1.70. The molecule has 0 spiro atoms. The molecule has 1 aromatic carbocycles. The van der Waals surface area contributed by atoms with Gasteiger partial charge in [-0.05, 0) is 12.1 Å². The van der Waals surface area contributed by atoms with E-state index in [2.05, 4.69) is 15.2 Å². The first-order valence-corrected chi connectivity index (χ1v) is 3.85. The Morgan fingerprint density at radius 3 is 2.57 bits per heavy atom. The fourth-order valence-corrected chi connectivity index (χ4v) is 1.08. The van der Waals surface area contributed by atoms with Gasteiger partial charge in [0.1, 0.15) is 18.0 Å². The zero-order chi connectivity index (χ0) is 9.97. The summed E-state index contributed by atoms with van der Waals surface area (Å²) in [5, 5.41) is 7.01. The lowest BCUT2D eigenvalue weighted by molar-refractivity contribution is 0.585. The van der Waals surface area contributed by atoms with Crippen LogP contribution in [0.3, 0.4) is 0 Å². The molecule has 0 unspecified atom stereocenters. The standard InChI is InChI=1S/C9H5F2N3/c10-6-1-2-7(8(11)3-6)9-4-13-14-5-12-9/h1-5H. The number of halogens is 2. The van der Waals surface area contributed by atoms with E-state index in [4.69, 9.17) is 0 Å². The van der Waals surface area contributed by atoms with Crippen molar-refractivity contribution in [3.63, 3.8) is 0 Å². The second kappa shape index (κ2) is 3.45. The van der Waals surface area contributed by atoms with Crippen molar-refractivity contribution >= 4 is 0 Å². The molecular formula is C9H5F2N3. The Bertz CT molecular complexity index is 445. The van der Waals surface area contributed by atoms with Gasteiger partial charge in [-0.1, -0.05) is 0 Å². The maximum absolute atomic E-state index is 13.2. The SMILES string of the molecule is Fc1ccc(-c2cnncn2)c(F)c1. The Balaban J connectivity index is 2.53. The summed E-state index contributed by atoms with van der Waals surface area (Å²) < 4.78 is 25.8. The molecule has 0 aliphatic rings. The second-order valence-electron chi connectivity index (χ2n) is 2.61. The third-order valence-electron chi connectivity index (χ3n) is 1.70. The van der Waals surface area contributed by atoms with Crippen molar-refractivity contribution in [2.75, 3.05) is 0 Å². The molecule has 0 saturated heterocycles. The molecule has 14 heavy (non-hydrogen) atoms. The molecule has 3 nitrogen and oxygen atoms in total. The number of benzene rings is 1. The second-order valence-corrected chi connectivity index (χ2v) is 2.61. The minimum atomic E-state index is -0.662. The van der Waals surface area contributed by atoms with Crippen LogP contribution in [0.25, 0.3) is 11.3 Å². The van der Waals surface area contributed by atoms with Gasteiger partial charge in [0.25, 0.3) is 0 Å². The summed E-state index contributed by atoms with van der Waals surface area (Å²) in [6.07, 6.45) is 2.52. The van der Waals surface area contributed by atoms with E-state index < -0.39 is 11.6 Å². The maximum atomic E-state index is 13.2. The first kappa shape index (κ1) is 8.68. The van der Waals surface area contributed by atoms with E-state index in [1.165, 1.54) is 24.7 Å². The van der Waals surface area contributed by atoms with Gasteiger partial charge in [0, 0.05) is 11.6 Å². The van der Waals surface area contributed by atoms with Gasteiger partial charge >= 0.3 is 0 Å². The Morgan fingerprint density at radius 2 is 1.93 bits per heavy atom. The molecule has 70 valence electrons. The predicted molar refractivity (Wildman–Crippen MR) is 45.2 cm³/mol. The zero-order valence-corrected chi connectivity index (χ0v) is 6.98. The topological polar surface area (TPSA) is 38.7 Å². The van der Waals surface area contributed by atoms with Crippen molar-refractivity contribution in [2.24, 2.45) is 0 Å². The monoisotopic (exact) mass is 193 g/mol. The van der Waals surface area contributed by atoms with Crippen LogP contribution in [0.15, 0.2) is 30.7 Å². The number of rotatable bonds is 1. The van der Waals surface area contributed by atoms with Crippen LogP contribution >= 0.6 is 0 Å². The minimum absolute atomic E-state index is 0.210. The number of nitrogens with zero attached hydrogens (tertiary/aromatic N) is 3.